The number of anilines is 2. The molecule has 1 aliphatic heterocycles. The Bertz CT molecular complexity index is 1160. The second kappa shape index (κ2) is 6.57. The SMILES string of the molecule is CC(=O)c1ccc(-c2ccccc2B2Nc3cccc4cccc(c34)N2)cc1. The van der Waals surface area contributed by atoms with E-state index in [1.165, 1.54) is 16.2 Å². The molecule has 0 spiro atoms. The summed E-state index contributed by atoms with van der Waals surface area (Å²) in [5, 5.41) is 9.75. The average molecular weight is 362 g/mol. The first-order valence-electron chi connectivity index (χ1n) is 9.46. The van der Waals surface area contributed by atoms with Crippen molar-refractivity contribution < 1.29 is 4.79 Å². The molecule has 0 amide bonds. The number of rotatable bonds is 3. The van der Waals surface area contributed by atoms with Gasteiger partial charge in [-0.05, 0) is 41.0 Å². The van der Waals surface area contributed by atoms with Gasteiger partial charge in [0.25, 0.3) is 0 Å². The highest BCUT2D eigenvalue weighted by molar-refractivity contribution is 6.81. The van der Waals surface area contributed by atoms with Crippen molar-refractivity contribution in [1.29, 1.82) is 0 Å². The van der Waals surface area contributed by atoms with E-state index in [9.17, 15) is 4.79 Å². The zero-order valence-electron chi connectivity index (χ0n) is 15.6. The highest BCUT2D eigenvalue weighted by Crippen LogP contribution is 2.34. The number of Topliss-reactive ketones (excluding diaryl/α,β-unsaturated/α-hetero) is 1. The largest absolute Gasteiger partial charge is 0.406 e. The monoisotopic (exact) mass is 362 g/mol. The fourth-order valence-corrected chi connectivity index (χ4v) is 3.98. The third kappa shape index (κ3) is 2.74. The number of nitrogens with one attached hydrogen (secondary N) is 2. The smallest absolute Gasteiger partial charge is 0.405 e. The summed E-state index contributed by atoms with van der Waals surface area (Å²) in [6, 6.07) is 28.9. The summed E-state index contributed by atoms with van der Waals surface area (Å²) in [4.78, 5) is 11.6. The minimum atomic E-state index is -0.0378. The van der Waals surface area contributed by atoms with Crippen molar-refractivity contribution in [2.75, 3.05) is 10.5 Å². The summed E-state index contributed by atoms with van der Waals surface area (Å²) < 4.78 is 0. The van der Waals surface area contributed by atoms with Gasteiger partial charge in [0.05, 0.1) is 0 Å². The van der Waals surface area contributed by atoms with Crippen LogP contribution in [-0.4, -0.2) is 12.8 Å². The van der Waals surface area contributed by atoms with Crippen molar-refractivity contribution in [3.63, 3.8) is 0 Å². The van der Waals surface area contributed by atoms with Crippen LogP contribution in [0.3, 0.4) is 0 Å². The Kier molecular flexibility index (Phi) is 3.90. The van der Waals surface area contributed by atoms with Crippen LogP contribution in [0.1, 0.15) is 17.3 Å². The molecule has 4 aromatic carbocycles. The van der Waals surface area contributed by atoms with Gasteiger partial charge in [-0.2, -0.15) is 0 Å². The predicted molar refractivity (Wildman–Crippen MR) is 118 cm³/mol. The highest BCUT2D eigenvalue weighted by atomic mass is 16.1. The van der Waals surface area contributed by atoms with Gasteiger partial charge in [-0.25, -0.2) is 0 Å². The first kappa shape index (κ1) is 16.6. The van der Waals surface area contributed by atoms with E-state index >= 15 is 0 Å². The molecule has 0 aromatic heterocycles. The molecule has 4 heteroatoms. The van der Waals surface area contributed by atoms with Crippen molar-refractivity contribution in [1.82, 2.24) is 0 Å². The number of ketones is 1. The van der Waals surface area contributed by atoms with Gasteiger partial charge in [-0.1, -0.05) is 72.8 Å². The Morgan fingerprint density at radius 2 is 1.39 bits per heavy atom. The maximum atomic E-state index is 11.6. The van der Waals surface area contributed by atoms with E-state index in [-0.39, 0.29) is 12.8 Å². The molecule has 0 bridgehead atoms. The van der Waals surface area contributed by atoms with Crippen LogP contribution >= 0.6 is 0 Å². The normalized spacial score (nSPS) is 12.4. The third-order valence-electron chi connectivity index (χ3n) is 5.38. The Labute approximate surface area is 164 Å². The van der Waals surface area contributed by atoms with Crippen LogP contribution in [-0.2, 0) is 0 Å². The summed E-state index contributed by atoms with van der Waals surface area (Å²) in [6.45, 7) is 1.56. The quantitative estimate of drug-likeness (QED) is 0.401. The van der Waals surface area contributed by atoms with Gasteiger partial charge in [0.15, 0.2) is 5.78 Å². The lowest BCUT2D eigenvalue weighted by Gasteiger charge is -2.28. The minimum absolute atomic E-state index is 0.0378. The Morgan fingerprint density at radius 3 is 2.04 bits per heavy atom. The maximum absolute atomic E-state index is 11.6. The number of hydrogen-bond acceptors (Lipinski definition) is 3. The lowest BCUT2D eigenvalue weighted by Crippen LogP contribution is -2.48. The van der Waals surface area contributed by atoms with Crippen molar-refractivity contribution in [3.8, 4) is 11.1 Å². The van der Waals surface area contributed by atoms with Gasteiger partial charge in [0.2, 0.25) is 0 Å². The molecule has 3 nitrogen and oxygen atoms in total. The van der Waals surface area contributed by atoms with Gasteiger partial charge in [-0.3, -0.25) is 4.79 Å². The Morgan fingerprint density at radius 1 is 0.750 bits per heavy atom. The first-order valence-corrected chi connectivity index (χ1v) is 9.46. The molecule has 28 heavy (non-hydrogen) atoms. The van der Waals surface area contributed by atoms with Crippen LogP contribution in [0.2, 0.25) is 0 Å². The van der Waals surface area contributed by atoms with E-state index in [0.29, 0.717) is 0 Å². The molecule has 0 radical (unpaired) electrons. The summed E-state index contributed by atoms with van der Waals surface area (Å²) >= 11 is 0. The van der Waals surface area contributed by atoms with E-state index in [4.69, 9.17) is 0 Å². The number of carbonyl (C=O) groups excluding carboxylic acids is 1. The molecule has 134 valence electrons. The van der Waals surface area contributed by atoms with Crippen LogP contribution in [0.25, 0.3) is 21.9 Å². The molecule has 0 saturated carbocycles. The lowest BCUT2D eigenvalue weighted by atomic mass is 9.63. The van der Waals surface area contributed by atoms with Crippen LogP contribution in [0.15, 0.2) is 84.9 Å². The van der Waals surface area contributed by atoms with Gasteiger partial charge in [-0.15, -0.1) is 0 Å². The van der Waals surface area contributed by atoms with Crippen LogP contribution in [0, 0.1) is 0 Å². The second-order valence-electron chi connectivity index (χ2n) is 7.15. The Hall–Kier alpha value is -3.53. The van der Waals surface area contributed by atoms with E-state index in [2.05, 4.69) is 71.1 Å². The topological polar surface area (TPSA) is 41.1 Å². The molecule has 0 fully saturated rings. The van der Waals surface area contributed by atoms with Crippen LogP contribution < -0.4 is 15.9 Å². The summed E-state index contributed by atoms with van der Waals surface area (Å²) in [5.41, 5.74) is 6.42. The zero-order chi connectivity index (χ0) is 19.1. The van der Waals surface area contributed by atoms with Gasteiger partial charge in [0.1, 0.15) is 0 Å². The number of hydrogen-bond donors (Lipinski definition) is 2. The third-order valence-corrected chi connectivity index (χ3v) is 5.38. The zero-order valence-corrected chi connectivity index (χ0v) is 15.6. The fourth-order valence-electron chi connectivity index (χ4n) is 3.98. The van der Waals surface area contributed by atoms with Crippen molar-refractivity contribution in [3.05, 3.63) is 90.5 Å². The Balaban J connectivity index is 1.57. The number of benzene rings is 4. The summed E-state index contributed by atoms with van der Waals surface area (Å²) in [6.07, 6.45) is 0. The molecule has 0 unspecified atom stereocenters. The standard InChI is InChI=1S/C24H19BN2O/c1-16(28)17-12-14-18(15-13-17)20-8-2-3-9-21(20)25-26-22-10-4-6-19-7-5-11-23(27-25)24(19)22/h2-15,26-27H,1H3. The lowest BCUT2D eigenvalue weighted by molar-refractivity contribution is 0.101. The molecule has 0 atom stereocenters. The predicted octanol–water partition coefficient (Wildman–Crippen LogP) is 4.94. The molecule has 5 rings (SSSR count). The molecule has 1 aliphatic rings. The van der Waals surface area contributed by atoms with Crippen molar-refractivity contribution in [2.45, 2.75) is 6.92 Å². The van der Waals surface area contributed by atoms with Crippen LogP contribution in [0.5, 0.6) is 0 Å². The van der Waals surface area contributed by atoms with Gasteiger partial charge in [0, 0.05) is 22.3 Å². The van der Waals surface area contributed by atoms with E-state index in [1.54, 1.807) is 6.92 Å². The molecule has 4 aromatic rings. The van der Waals surface area contributed by atoms with Crippen LogP contribution in [0.4, 0.5) is 11.4 Å². The van der Waals surface area contributed by atoms with Gasteiger partial charge < -0.3 is 10.5 Å². The van der Waals surface area contributed by atoms with E-state index < -0.39 is 0 Å². The van der Waals surface area contributed by atoms with Gasteiger partial charge >= 0.3 is 6.98 Å². The summed E-state index contributed by atoms with van der Waals surface area (Å²) in [7, 11) is 0. The summed E-state index contributed by atoms with van der Waals surface area (Å²) in [5.74, 6) is 0.0835. The maximum Gasteiger partial charge on any atom is 0.406 e. The fraction of sp³-hybridized carbons (Fsp3) is 0.0417. The first-order chi connectivity index (χ1) is 13.7. The van der Waals surface area contributed by atoms with Crippen molar-refractivity contribution >= 4 is 40.4 Å². The van der Waals surface area contributed by atoms with E-state index in [1.807, 2.05) is 24.3 Å². The number of carbonyl (C=O) groups is 1. The minimum Gasteiger partial charge on any atom is -0.405 e. The highest BCUT2D eigenvalue weighted by Gasteiger charge is 2.27. The van der Waals surface area contributed by atoms with Crippen molar-refractivity contribution in [2.24, 2.45) is 0 Å². The molecular formula is C24H19BN2O. The molecule has 0 aliphatic carbocycles. The molecule has 1 heterocycles. The van der Waals surface area contributed by atoms with E-state index in [0.717, 1.165) is 28.1 Å². The molecule has 0 saturated heterocycles. The average Bonchev–Trinajstić information content (AvgIpc) is 2.74. The molecule has 2 N–H and O–H groups in total. The second-order valence-corrected chi connectivity index (χ2v) is 7.15. The molecular weight excluding hydrogens is 343 g/mol.